The molecule has 0 heterocycles. The average molecular weight is 480 g/mol. The van der Waals surface area contributed by atoms with Crippen LogP contribution in [0.15, 0.2) is 89.8 Å². The van der Waals surface area contributed by atoms with Crippen molar-refractivity contribution in [2.45, 2.75) is 44.4 Å². The minimum Gasteiger partial charge on any atom is -0.453 e. The number of amides is 1. The van der Waals surface area contributed by atoms with Crippen LogP contribution in [0.2, 0.25) is 0 Å². The van der Waals surface area contributed by atoms with E-state index in [1.54, 1.807) is 17.0 Å². The van der Waals surface area contributed by atoms with Gasteiger partial charge in [-0.05, 0) is 37.1 Å². The number of hydrogen-bond donors (Lipinski definition) is 0. The van der Waals surface area contributed by atoms with Crippen molar-refractivity contribution in [3.8, 4) is 0 Å². The number of sulfone groups is 1. The van der Waals surface area contributed by atoms with Crippen molar-refractivity contribution in [3.63, 3.8) is 0 Å². The monoisotopic (exact) mass is 479 g/mol. The van der Waals surface area contributed by atoms with Gasteiger partial charge < -0.3 is 9.64 Å². The van der Waals surface area contributed by atoms with Crippen molar-refractivity contribution < 1.29 is 22.7 Å². The molecule has 1 unspecified atom stereocenters. The van der Waals surface area contributed by atoms with Crippen molar-refractivity contribution in [3.05, 3.63) is 102 Å². The molecule has 0 radical (unpaired) electrons. The quantitative estimate of drug-likeness (QED) is 0.405. The standard InChI is InChI=1S/C27H29NO5S/c1-21-13-15-25(16-14-21)34(31,32)18-17-26(29)33-22(2)27(30)28(19-23-9-5-3-6-10-23)20-24-11-7-4-8-12-24/h3-16,22H,17-20H2,1-2H3. The van der Waals surface area contributed by atoms with Crippen LogP contribution in [-0.4, -0.2) is 37.1 Å². The summed E-state index contributed by atoms with van der Waals surface area (Å²) in [6.45, 7) is 4.10. The van der Waals surface area contributed by atoms with E-state index in [-0.39, 0.29) is 23.0 Å². The first-order chi connectivity index (χ1) is 16.2. The molecule has 6 nitrogen and oxygen atoms in total. The highest BCUT2D eigenvalue weighted by Crippen LogP contribution is 2.15. The Labute approximate surface area is 201 Å². The van der Waals surface area contributed by atoms with Crippen molar-refractivity contribution >= 4 is 21.7 Å². The molecule has 0 saturated heterocycles. The zero-order valence-corrected chi connectivity index (χ0v) is 20.2. The number of nitrogens with zero attached hydrogens (tertiary/aromatic N) is 1. The molecule has 0 saturated carbocycles. The number of ether oxygens (including phenoxy) is 1. The van der Waals surface area contributed by atoms with Gasteiger partial charge in [-0.25, -0.2) is 8.42 Å². The Balaban J connectivity index is 1.63. The summed E-state index contributed by atoms with van der Waals surface area (Å²) in [6, 6.07) is 25.6. The molecule has 34 heavy (non-hydrogen) atoms. The van der Waals surface area contributed by atoms with Gasteiger partial charge >= 0.3 is 5.97 Å². The number of rotatable bonds is 10. The lowest BCUT2D eigenvalue weighted by Gasteiger charge is -2.26. The van der Waals surface area contributed by atoms with Crippen LogP contribution in [0, 0.1) is 6.92 Å². The molecule has 0 bridgehead atoms. The van der Waals surface area contributed by atoms with E-state index >= 15 is 0 Å². The summed E-state index contributed by atoms with van der Waals surface area (Å²) in [7, 11) is -3.62. The van der Waals surface area contributed by atoms with Gasteiger partial charge in [0.25, 0.3) is 5.91 Å². The van der Waals surface area contributed by atoms with Crippen LogP contribution < -0.4 is 0 Å². The molecule has 3 aromatic carbocycles. The Bertz CT molecular complexity index is 1150. The van der Waals surface area contributed by atoms with E-state index in [1.807, 2.05) is 67.6 Å². The number of hydrogen-bond acceptors (Lipinski definition) is 5. The van der Waals surface area contributed by atoms with Crippen LogP contribution in [0.1, 0.15) is 30.0 Å². The molecule has 1 amide bonds. The Morgan fingerprint density at radius 1 is 0.824 bits per heavy atom. The molecule has 0 fully saturated rings. The van der Waals surface area contributed by atoms with Gasteiger partial charge in [0.15, 0.2) is 15.9 Å². The van der Waals surface area contributed by atoms with Crippen LogP contribution in [0.4, 0.5) is 0 Å². The predicted octanol–water partition coefficient (Wildman–Crippen LogP) is 4.32. The fourth-order valence-electron chi connectivity index (χ4n) is 3.46. The second kappa shape index (κ2) is 11.6. The number of esters is 1. The number of benzene rings is 3. The van der Waals surface area contributed by atoms with Gasteiger partial charge in [-0.15, -0.1) is 0 Å². The van der Waals surface area contributed by atoms with E-state index in [2.05, 4.69) is 0 Å². The van der Waals surface area contributed by atoms with E-state index in [1.165, 1.54) is 19.1 Å². The molecule has 0 aliphatic carbocycles. The average Bonchev–Trinajstić information content (AvgIpc) is 2.83. The molecule has 0 aliphatic heterocycles. The number of carbonyl (C=O) groups is 2. The van der Waals surface area contributed by atoms with E-state index in [9.17, 15) is 18.0 Å². The van der Waals surface area contributed by atoms with Crippen LogP contribution in [0.25, 0.3) is 0 Å². The molecule has 7 heteroatoms. The summed E-state index contributed by atoms with van der Waals surface area (Å²) in [5.41, 5.74) is 2.85. The summed E-state index contributed by atoms with van der Waals surface area (Å²) >= 11 is 0. The molecule has 178 valence electrons. The van der Waals surface area contributed by atoms with Gasteiger partial charge in [-0.3, -0.25) is 9.59 Å². The zero-order valence-electron chi connectivity index (χ0n) is 19.4. The maximum absolute atomic E-state index is 13.2. The lowest BCUT2D eigenvalue weighted by molar-refractivity contribution is -0.159. The first-order valence-electron chi connectivity index (χ1n) is 11.1. The van der Waals surface area contributed by atoms with Gasteiger partial charge in [0.2, 0.25) is 0 Å². The number of carbonyl (C=O) groups excluding carboxylic acids is 2. The second-order valence-corrected chi connectivity index (χ2v) is 10.3. The Kier molecular flexibility index (Phi) is 8.60. The summed E-state index contributed by atoms with van der Waals surface area (Å²) < 4.78 is 30.3. The summed E-state index contributed by atoms with van der Waals surface area (Å²) in [5, 5.41) is 0. The Hall–Kier alpha value is -3.45. The minimum absolute atomic E-state index is 0.159. The van der Waals surface area contributed by atoms with Crippen LogP contribution in [0.5, 0.6) is 0 Å². The van der Waals surface area contributed by atoms with E-state index in [4.69, 9.17) is 4.74 Å². The van der Waals surface area contributed by atoms with Crippen LogP contribution in [0.3, 0.4) is 0 Å². The van der Waals surface area contributed by atoms with Crippen LogP contribution in [-0.2, 0) is 37.3 Å². The summed E-state index contributed by atoms with van der Waals surface area (Å²) in [6.07, 6.45) is -1.37. The first kappa shape index (κ1) is 25.2. The molecule has 0 spiro atoms. The van der Waals surface area contributed by atoms with Gasteiger partial charge in [-0.1, -0.05) is 78.4 Å². The normalized spacial score (nSPS) is 12.1. The third-order valence-electron chi connectivity index (χ3n) is 5.36. The summed E-state index contributed by atoms with van der Waals surface area (Å²) in [5.74, 6) is -1.45. The SMILES string of the molecule is Cc1ccc(S(=O)(=O)CCC(=O)OC(C)C(=O)N(Cc2ccccc2)Cc2ccccc2)cc1. The maximum atomic E-state index is 13.2. The van der Waals surface area contributed by atoms with E-state index in [0.29, 0.717) is 13.1 Å². The van der Waals surface area contributed by atoms with Crippen LogP contribution >= 0.6 is 0 Å². The van der Waals surface area contributed by atoms with Gasteiger partial charge in [0.05, 0.1) is 17.1 Å². The largest absolute Gasteiger partial charge is 0.453 e. The van der Waals surface area contributed by atoms with Gasteiger partial charge in [-0.2, -0.15) is 0 Å². The predicted molar refractivity (Wildman–Crippen MR) is 131 cm³/mol. The van der Waals surface area contributed by atoms with Gasteiger partial charge in [0.1, 0.15) is 0 Å². The Morgan fingerprint density at radius 2 is 1.32 bits per heavy atom. The summed E-state index contributed by atoms with van der Waals surface area (Å²) in [4.78, 5) is 27.3. The molecular weight excluding hydrogens is 450 g/mol. The maximum Gasteiger partial charge on any atom is 0.307 e. The van der Waals surface area contributed by atoms with Crippen molar-refractivity contribution in [1.29, 1.82) is 0 Å². The van der Waals surface area contributed by atoms with Crippen molar-refractivity contribution in [1.82, 2.24) is 4.90 Å². The Morgan fingerprint density at radius 3 is 1.82 bits per heavy atom. The minimum atomic E-state index is -3.62. The smallest absolute Gasteiger partial charge is 0.307 e. The highest BCUT2D eigenvalue weighted by atomic mass is 32.2. The molecule has 0 aliphatic rings. The molecule has 3 aromatic rings. The third-order valence-corrected chi connectivity index (χ3v) is 7.09. The lowest BCUT2D eigenvalue weighted by atomic mass is 10.1. The van der Waals surface area contributed by atoms with Gasteiger partial charge in [0, 0.05) is 13.1 Å². The van der Waals surface area contributed by atoms with E-state index < -0.39 is 21.9 Å². The van der Waals surface area contributed by atoms with Crippen molar-refractivity contribution in [2.75, 3.05) is 5.75 Å². The zero-order chi connectivity index (χ0) is 24.6. The second-order valence-electron chi connectivity index (χ2n) is 8.18. The fraction of sp³-hybridized carbons (Fsp3) is 0.259. The fourth-order valence-corrected chi connectivity index (χ4v) is 4.69. The molecule has 1 atom stereocenters. The molecular formula is C27H29NO5S. The first-order valence-corrected chi connectivity index (χ1v) is 12.8. The number of aryl methyl sites for hydroxylation is 1. The molecule has 0 aromatic heterocycles. The molecule has 3 rings (SSSR count). The molecule has 0 N–H and O–H groups in total. The third kappa shape index (κ3) is 7.28. The van der Waals surface area contributed by atoms with E-state index in [0.717, 1.165) is 16.7 Å². The lowest BCUT2D eigenvalue weighted by Crippen LogP contribution is -2.39. The topological polar surface area (TPSA) is 80.7 Å². The highest BCUT2D eigenvalue weighted by molar-refractivity contribution is 7.91. The van der Waals surface area contributed by atoms with Crippen molar-refractivity contribution in [2.24, 2.45) is 0 Å². The highest BCUT2D eigenvalue weighted by Gasteiger charge is 2.25.